The predicted octanol–water partition coefficient (Wildman–Crippen LogP) is 5.73. The van der Waals surface area contributed by atoms with Crippen LogP contribution in [0.25, 0.3) is 21.8 Å². The monoisotopic (exact) mass is 457 g/mol. The van der Waals surface area contributed by atoms with Crippen LogP contribution in [0.15, 0.2) is 54.7 Å². The van der Waals surface area contributed by atoms with Crippen LogP contribution in [0.4, 0.5) is 5.82 Å². The van der Waals surface area contributed by atoms with Gasteiger partial charge in [0.15, 0.2) is 5.82 Å². The second-order valence-electron chi connectivity index (χ2n) is 8.84. The number of pyridine rings is 2. The summed E-state index contributed by atoms with van der Waals surface area (Å²) in [6.45, 7) is 4.48. The molecular formula is C28H31N3O3. The van der Waals surface area contributed by atoms with Gasteiger partial charge in [-0.2, -0.15) is 0 Å². The van der Waals surface area contributed by atoms with Crippen LogP contribution in [-0.4, -0.2) is 27.7 Å². The van der Waals surface area contributed by atoms with Crippen molar-refractivity contribution in [1.82, 2.24) is 9.97 Å². The molecule has 3 N–H and O–H groups in total. The van der Waals surface area contributed by atoms with E-state index in [2.05, 4.69) is 46.4 Å². The van der Waals surface area contributed by atoms with E-state index >= 15 is 0 Å². The van der Waals surface area contributed by atoms with Gasteiger partial charge in [0.2, 0.25) is 0 Å². The highest BCUT2D eigenvalue weighted by Crippen LogP contribution is 2.28. The molecule has 0 aliphatic heterocycles. The zero-order valence-corrected chi connectivity index (χ0v) is 19.8. The highest BCUT2D eigenvalue weighted by molar-refractivity contribution is 6.08. The molecule has 1 unspecified atom stereocenters. The number of carbonyl (C=O) groups is 1. The fourth-order valence-electron chi connectivity index (χ4n) is 4.26. The molecular weight excluding hydrogens is 426 g/mol. The van der Waals surface area contributed by atoms with E-state index in [1.165, 1.54) is 5.56 Å². The number of ether oxygens (including phenoxy) is 1. The van der Waals surface area contributed by atoms with Gasteiger partial charge in [-0.1, -0.05) is 31.2 Å². The highest BCUT2D eigenvalue weighted by Gasteiger charge is 2.14. The first-order valence-electron chi connectivity index (χ1n) is 11.8. The third-order valence-electron chi connectivity index (χ3n) is 6.30. The van der Waals surface area contributed by atoms with E-state index in [1.54, 1.807) is 0 Å². The average Bonchev–Trinajstić information content (AvgIpc) is 2.83. The Morgan fingerprint density at radius 2 is 1.82 bits per heavy atom. The smallest absolute Gasteiger partial charge is 0.306 e. The van der Waals surface area contributed by atoms with Crippen molar-refractivity contribution < 1.29 is 14.6 Å². The van der Waals surface area contributed by atoms with Crippen molar-refractivity contribution in [2.45, 2.75) is 46.0 Å². The lowest BCUT2D eigenvalue weighted by atomic mass is 10.0. The molecule has 0 saturated heterocycles. The topological polar surface area (TPSA) is 98.3 Å². The van der Waals surface area contributed by atoms with Crippen molar-refractivity contribution in [3.63, 3.8) is 0 Å². The number of carboxylic acid groups (broad SMARTS) is 1. The van der Waals surface area contributed by atoms with Gasteiger partial charge in [-0.05, 0) is 80.0 Å². The number of nitrogens with two attached hydrogens (primary N) is 1. The minimum atomic E-state index is -0.725. The Kier molecular flexibility index (Phi) is 7.26. The zero-order chi connectivity index (χ0) is 24.1. The fourth-order valence-corrected chi connectivity index (χ4v) is 4.26. The van der Waals surface area contributed by atoms with E-state index < -0.39 is 5.97 Å². The van der Waals surface area contributed by atoms with Crippen LogP contribution in [0.2, 0.25) is 0 Å². The van der Waals surface area contributed by atoms with E-state index in [0.29, 0.717) is 25.3 Å². The SMILES string of the molecule is CCC(CCCOc1ccc(CCc2cnc3c(N)nc4cc(C)ccc4c3c2)cc1)C(=O)O. The van der Waals surface area contributed by atoms with Crippen molar-refractivity contribution in [1.29, 1.82) is 0 Å². The number of benzene rings is 2. The molecule has 4 rings (SSSR count). The highest BCUT2D eigenvalue weighted by atomic mass is 16.5. The fraction of sp³-hybridized carbons (Fsp3) is 0.321. The first-order chi connectivity index (χ1) is 16.4. The van der Waals surface area contributed by atoms with Gasteiger partial charge >= 0.3 is 5.97 Å². The molecule has 34 heavy (non-hydrogen) atoms. The number of fused-ring (bicyclic) bond motifs is 3. The Labute approximate surface area is 199 Å². The number of rotatable bonds is 10. The number of anilines is 1. The molecule has 6 heteroatoms. The van der Waals surface area contributed by atoms with Gasteiger partial charge in [-0.25, -0.2) is 4.98 Å². The summed E-state index contributed by atoms with van der Waals surface area (Å²) in [7, 11) is 0. The molecule has 176 valence electrons. The third kappa shape index (κ3) is 5.45. The molecule has 0 bridgehead atoms. The van der Waals surface area contributed by atoms with Crippen molar-refractivity contribution in [3.8, 4) is 5.75 Å². The van der Waals surface area contributed by atoms with Crippen LogP contribution in [-0.2, 0) is 17.6 Å². The number of aliphatic carboxylic acids is 1. The van der Waals surface area contributed by atoms with Crippen LogP contribution in [0.5, 0.6) is 5.75 Å². The Morgan fingerprint density at radius 3 is 2.56 bits per heavy atom. The number of carboxylic acids is 1. The molecule has 0 radical (unpaired) electrons. The van der Waals surface area contributed by atoms with Gasteiger partial charge in [0, 0.05) is 17.0 Å². The summed E-state index contributed by atoms with van der Waals surface area (Å²) in [5.41, 5.74) is 11.3. The third-order valence-corrected chi connectivity index (χ3v) is 6.30. The standard InChI is InChI=1S/C28H31N3O3/c1-3-21(28(32)33)5-4-14-34-22-11-9-19(10-12-22)7-8-20-16-24-23-13-6-18(2)15-25(23)31-27(29)26(24)30-17-20/h6,9-13,15-17,21H,3-5,7-8,14H2,1-2H3,(H2,29,31)(H,32,33). The first-order valence-corrected chi connectivity index (χ1v) is 11.8. The molecule has 0 saturated carbocycles. The Hall–Kier alpha value is -3.67. The lowest BCUT2D eigenvalue weighted by Gasteiger charge is -2.11. The molecule has 0 spiro atoms. The summed E-state index contributed by atoms with van der Waals surface area (Å²) >= 11 is 0. The predicted molar refractivity (Wildman–Crippen MR) is 136 cm³/mol. The number of hydrogen-bond acceptors (Lipinski definition) is 5. The summed E-state index contributed by atoms with van der Waals surface area (Å²) in [5, 5.41) is 11.2. The van der Waals surface area contributed by atoms with Gasteiger partial charge in [-0.15, -0.1) is 0 Å². The van der Waals surface area contributed by atoms with E-state index in [4.69, 9.17) is 15.6 Å². The molecule has 0 aliphatic rings. The maximum Gasteiger partial charge on any atom is 0.306 e. The molecule has 2 aromatic carbocycles. The maximum absolute atomic E-state index is 11.1. The number of nitrogens with zero attached hydrogens (tertiary/aromatic N) is 2. The second-order valence-corrected chi connectivity index (χ2v) is 8.84. The molecule has 1 atom stereocenters. The van der Waals surface area contributed by atoms with Crippen molar-refractivity contribution in [2.75, 3.05) is 12.3 Å². The van der Waals surface area contributed by atoms with Gasteiger partial charge < -0.3 is 15.6 Å². The molecule has 0 fully saturated rings. The van der Waals surface area contributed by atoms with Crippen molar-refractivity contribution in [2.24, 2.45) is 5.92 Å². The Balaban J connectivity index is 1.37. The Bertz CT molecular complexity index is 1300. The Morgan fingerprint density at radius 1 is 1.06 bits per heavy atom. The quantitative estimate of drug-likeness (QED) is 0.233. The summed E-state index contributed by atoms with van der Waals surface area (Å²) < 4.78 is 5.79. The number of nitrogen functional groups attached to an aromatic ring is 1. The van der Waals surface area contributed by atoms with Gasteiger partial charge in [0.1, 0.15) is 11.3 Å². The van der Waals surface area contributed by atoms with E-state index in [9.17, 15) is 4.79 Å². The van der Waals surface area contributed by atoms with E-state index in [-0.39, 0.29) is 5.92 Å². The summed E-state index contributed by atoms with van der Waals surface area (Å²) in [6.07, 6.45) is 5.67. The van der Waals surface area contributed by atoms with Crippen LogP contribution in [0, 0.1) is 12.8 Å². The maximum atomic E-state index is 11.1. The van der Waals surface area contributed by atoms with Crippen molar-refractivity contribution in [3.05, 3.63) is 71.4 Å². The van der Waals surface area contributed by atoms with E-state index in [1.807, 2.05) is 32.2 Å². The normalized spacial score (nSPS) is 12.2. The van der Waals surface area contributed by atoms with Crippen LogP contribution in [0.3, 0.4) is 0 Å². The lowest BCUT2D eigenvalue weighted by Crippen LogP contribution is -2.13. The minimum absolute atomic E-state index is 0.287. The summed E-state index contributed by atoms with van der Waals surface area (Å²) in [5.74, 6) is 0.259. The summed E-state index contributed by atoms with van der Waals surface area (Å²) in [6, 6.07) is 16.5. The van der Waals surface area contributed by atoms with Crippen LogP contribution in [0.1, 0.15) is 42.9 Å². The van der Waals surface area contributed by atoms with Crippen molar-refractivity contribution >= 4 is 33.6 Å². The molecule has 2 aromatic heterocycles. The van der Waals surface area contributed by atoms with Gasteiger partial charge in [0.05, 0.1) is 18.0 Å². The first kappa shape index (κ1) is 23.5. The molecule has 2 heterocycles. The van der Waals surface area contributed by atoms with Gasteiger partial charge in [-0.3, -0.25) is 9.78 Å². The van der Waals surface area contributed by atoms with Crippen LogP contribution >= 0.6 is 0 Å². The minimum Gasteiger partial charge on any atom is -0.494 e. The number of hydrogen-bond donors (Lipinski definition) is 2. The van der Waals surface area contributed by atoms with E-state index in [0.717, 1.165) is 57.9 Å². The van der Waals surface area contributed by atoms with Crippen LogP contribution < -0.4 is 10.5 Å². The lowest BCUT2D eigenvalue weighted by molar-refractivity contribution is -0.142. The molecule has 0 amide bonds. The second kappa shape index (κ2) is 10.5. The summed E-state index contributed by atoms with van der Waals surface area (Å²) in [4.78, 5) is 20.2. The number of aryl methyl sites for hydroxylation is 3. The average molecular weight is 458 g/mol. The molecule has 6 nitrogen and oxygen atoms in total. The number of aromatic nitrogens is 2. The molecule has 4 aromatic rings. The van der Waals surface area contributed by atoms with Gasteiger partial charge in [0.25, 0.3) is 0 Å². The molecule has 0 aliphatic carbocycles. The largest absolute Gasteiger partial charge is 0.494 e. The zero-order valence-electron chi connectivity index (χ0n) is 19.8.